The van der Waals surface area contributed by atoms with Crippen molar-refractivity contribution in [2.45, 2.75) is 19.3 Å². The van der Waals surface area contributed by atoms with Crippen LogP contribution in [0.15, 0.2) is 0 Å². The highest BCUT2D eigenvalue weighted by molar-refractivity contribution is 4.60. The van der Waals surface area contributed by atoms with E-state index in [1.54, 1.807) is 0 Å². The van der Waals surface area contributed by atoms with E-state index in [9.17, 15) is 0 Å². The molecule has 1 rings (SSSR count). The lowest BCUT2D eigenvalue weighted by molar-refractivity contribution is -0.127. The molecular weight excluding hydrogens is 166 g/mol. The Kier molecular flexibility index (Phi) is 5.35. The number of hydrogen-bond acceptors (Lipinski definition) is 3. The molecule has 1 fully saturated rings. The zero-order valence-electron chi connectivity index (χ0n) is 8.79. The van der Waals surface area contributed by atoms with Gasteiger partial charge in [0.2, 0.25) is 0 Å². The Morgan fingerprint density at radius 3 is 2.46 bits per heavy atom. The summed E-state index contributed by atoms with van der Waals surface area (Å²) in [6.07, 6.45) is 3.81. The normalized spacial score (nSPS) is 19.6. The standard InChI is InChI=1S/C10H21NO2/c1-11(2)6-4-3-5-10-7-12-9-13-8-10/h10H,3-9H2,1-2H3. The first-order valence-electron chi connectivity index (χ1n) is 5.09. The Morgan fingerprint density at radius 1 is 1.15 bits per heavy atom. The van der Waals surface area contributed by atoms with Crippen molar-refractivity contribution in [3.05, 3.63) is 0 Å². The maximum Gasteiger partial charge on any atom is 0.146 e. The van der Waals surface area contributed by atoms with E-state index in [4.69, 9.17) is 9.47 Å². The number of rotatable bonds is 5. The largest absolute Gasteiger partial charge is 0.355 e. The molecule has 13 heavy (non-hydrogen) atoms. The van der Waals surface area contributed by atoms with E-state index in [1.807, 2.05) is 0 Å². The summed E-state index contributed by atoms with van der Waals surface area (Å²) in [4.78, 5) is 2.23. The summed E-state index contributed by atoms with van der Waals surface area (Å²) in [5.41, 5.74) is 0. The maximum absolute atomic E-state index is 5.23. The van der Waals surface area contributed by atoms with Crippen LogP contribution in [0.1, 0.15) is 19.3 Å². The zero-order valence-corrected chi connectivity index (χ0v) is 8.79. The third-order valence-corrected chi connectivity index (χ3v) is 2.34. The van der Waals surface area contributed by atoms with Gasteiger partial charge in [0.25, 0.3) is 0 Å². The molecule has 78 valence electrons. The average Bonchev–Trinajstić information content (AvgIpc) is 2.14. The first kappa shape index (κ1) is 11.0. The van der Waals surface area contributed by atoms with Gasteiger partial charge < -0.3 is 14.4 Å². The van der Waals surface area contributed by atoms with E-state index in [2.05, 4.69) is 19.0 Å². The van der Waals surface area contributed by atoms with Gasteiger partial charge in [0.1, 0.15) is 6.79 Å². The third-order valence-electron chi connectivity index (χ3n) is 2.34. The van der Waals surface area contributed by atoms with Gasteiger partial charge in [-0.15, -0.1) is 0 Å². The van der Waals surface area contributed by atoms with Gasteiger partial charge >= 0.3 is 0 Å². The molecule has 3 nitrogen and oxygen atoms in total. The van der Waals surface area contributed by atoms with Crippen molar-refractivity contribution in [3.63, 3.8) is 0 Å². The molecule has 0 N–H and O–H groups in total. The molecule has 1 aliphatic rings. The third kappa shape index (κ3) is 5.24. The van der Waals surface area contributed by atoms with Crippen molar-refractivity contribution in [2.75, 3.05) is 40.6 Å². The van der Waals surface area contributed by atoms with Gasteiger partial charge in [-0.25, -0.2) is 0 Å². The van der Waals surface area contributed by atoms with Gasteiger partial charge in [0, 0.05) is 5.92 Å². The van der Waals surface area contributed by atoms with Gasteiger partial charge in [-0.05, 0) is 33.5 Å². The number of hydrogen-bond donors (Lipinski definition) is 0. The number of unbranched alkanes of at least 4 members (excludes halogenated alkanes) is 1. The topological polar surface area (TPSA) is 21.7 Å². The summed E-state index contributed by atoms with van der Waals surface area (Å²) in [6.45, 7) is 3.46. The molecule has 0 aromatic rings. The lowest BCUT2D eigenvalue weighted by atomic mass is 10.0. The molecule has 0 aromatic carbocycles. The molecule has 0 aromatic heterocycles. The summed E-state index contributed by atoms with van der Waals surface area (Å²) < 4.78 is 10.5. The SMILES string of the molecule is CN(C)CCCCC1COCOC1. The van der Waals surface area contributed by atoms with E-state index in [-0.39, 0.29) is 0 Å². The van der Waals surface area contributed by atoms with Crippen molar-refractivity contribution >= 4 is 0 Å². The summed E-state index contributed by atoms with van der Waals surface area (Å²) >= 11 is 0. The van der Waals surface area contributed by atoms with Crippen LogP contribution in [-0.4, -0.2) is 45.5 Å². The minimum atomic E-state index is 0.494. The average molecular weight is 187 g/mol. The molecule has 0 unspecified atom stereocenters. The monoisotopic (exact) mass is 187 g/mol. The molecule has 0 radical (unpaired) electrons. The predicted molar refractivity (Wildman–Crippen MR) is 52.7 cm³/mol. The number of ether oxygens (including phenoxy) is 2. The smallest absolute Gasteiger partial charge is 0.146 e. The van der Waals surface area contributed by atoms with Crippen LogP contribution in [-0.2, 0) is 9.47 Å². The number of nitrogens with zero attached hydrogens (tertiary/aromatic N) is 1. The summed E-state index contributed by atoms with van der Waals surface area (Å²) in [6, 6.07) is 0. The molecule has 1 heterocycles. The van der Waals surface area contributed by atoms with Crippen molar-refractivity contribution in [3.8, 4) is 0 Å². The van der Waals surface area contributed by atoms with Crippen molar-refractivity contribution in [2.24, 2.45) is 5.92 Å². The van der Waals surface area contributed by atoms with Crippen LogP contribution < -0.4 is 0 Å². The second-order valence-corrected chi connectivity index (χ2v) is 4.02. The molecule has 0 spiro atoms. The molecule has 0 bridgehead atoms. The lowest BCUT2D eigenvalue weighted by Crippen LogP contribution is -2.24. The van der Waals surface area contributed by atoms with Crippen LogP contribution >= 0.6 is 0 Å². The molecule has 1 aliphatic heterocycles. The summed E-state index contributed by atoms with van der Waals surface area (Å²) in [5.74, 6) is 0.635. The highest BCUT2D eigenvalue weighted by Gasteiger charge is 2.13. The van der Waals surface area contributed by atoms with Crippen LogP contribution in [0.4, 0.5) is 0 Å². The van der Waals surface area contributed by atoms with Gasteiger partial charge in [-0.1, -0.05) is 6.42 Å². The fourth-order valence-electron chi connectivity index (χ4n) is 1.56. The molecule has 0 atom stereocenters. The molecule has 0 amide bonds. The van der Waals surface area contributed by atoms with E-state index >= 15 is 0 Å². The van der Waals surface area contributed by atoms with E-state index in [0.29, 0.717) is 12.7 Å². The Hall–Kier alpha value is -0.120. The molecule has 0 aliphatic carbocycles. The van der Waals surface area contributed by atoms with E-state index in [0.717, 1.165) is 13.2 Å². The van der Waals surface area contributed by atoms with Crippen LogP contribution in [0.5, 0.6) is 0 Å². The predicted octanol–water partition coefficient (Wildman–Crippen LogP) is 1.34. The van der Waals surface area contributed by atoms with Crippen molar-refractivity contribution in [1.29, 1.82) is 0 Å². The summed E-state index contributed by atoms with van der Waals surface area (Å²) in [5, 5.41) is 0. The minimum Gasteiger partial charge on any atom is -0.355 e. The maximum atomic E-state index is 5.23. The van der Waals surface area contributed by atoms with E-state index < -0.39 is 0 Å². The first-order chi connectivity index (χ1) is 6.29. The molecular formula is C10H21NO2. The Morgan fingerprint density at radius 2 is 1.85 bits per heavy atom. The van der Waals surface area contributed by atoms with Gasteiger partial charge in [0.15, 0.2) is 0 Å². The second-order valence-electron chi connectivity index (χ2n) is 4.02. The van der Waals surface area contributed by atoms with Crippen LogP contribution in [0, 0.1) is 5.92 Å². The quantitative estimate of drug-likeness (QED) is 0.606. The van der Waals surface area contributed by atoms with E-state index in [1.165, 1.54) is 25.8 Å². The highest BCUT2D eigenvalue weighted by atomic mass is 16.7. The van der Waals surface area contributed by atoms with Gasteiger partial charge in [-0.2, -0.15) is 0 Å². The van der Waals surface area contributed by atoms with Gasteiger partial charge in [0.05, 0.1) is 13.2 Å². The zero-order chi connectivity index (χ0) is 9.52. The van der Waals surface area contributed by atoms with Crippen molar-refractivity contribution in [1.82, 2.24) is 4.90 Å². The second kappa shape index (κ2) is 6.35. The highest BCUT2D eigenvalue weighted by Crippen LogP contribution is 2.13. The first-order valence-corrected chi connectivity index (χ1v) is 5.09. The van der Waals surface area contributed by atoms with Crippen LogP contribution in [0.3, 0.4) is 0 Å². The Labute approximate surface area is 81.0 Å². The van der Waals surface area contributed by atoms with Crippen molar-refractivity contribution < 1.29 is 9.47 Å². The fourth-order valence-corrected chi connectivity index (χ4v) is 1.56. The Balaban J connectivity index is 1.92. The lowest BCUT2D eigenvalue weighted by Gasteiger charge is -2.22. The molecule has 1 saturated heterocycles. The molecule has 3 heteroatoms. The minimum absolute atomic E-state index is 0.494. The van der Waals surface area contributed by atoms with Crippen LogP contribution in [0.25, 0.3) is 0 Å². The van der Waals surface area contributed by atoms with Gasteiger partial charge in [-0.3, -0.25) is 0 Å². The van der Waals surface area contributed by atoms with Crippen LogP contribution in [0.2, 0.25) is 0 Å². The molecule has 0 saturated carbocycles. The fraction of sp³-hybridized carbons (Fsp3) is 1.00. The summed E-state index contributed by atoms with van der Waals surface area (Å²) in [7, 11) is 4.24. The Bertz CT molecular complexity index is 122.